The van der Waals surface area contributed by atoms with Gasteiger partial charge in [-0.2, -0.15) is 8.78 Å². The average Bonchev–Trinajstić information content (AvgIpc) is 2.57. The van der Waals surface area contributed by atoms with E-state index in [0.717, 1.165) is 10.5 Å². The molecule has 0 bridgehead atoms. The van der Waals surface area contributed by atoms with E-state index in [1.165, 1.54) is 36.4 Å². The molecule has 0 radical (unpaired) electrons. The van der Waals surface area contributed by atoms with Gasteiger partial charge in [-0.1, -0.05) is 0 Å². The van der Waals surface area contributed by atoms with Gasteiger partial charge in [-0.15, -0.1) is 0 Å². The maximum Gasteiger partial charge on any atom is 0.387 e. The third kappa shape index (κ3) is 5.79. The number of alkyl halides is 2. The molecule has 7 heteroatoms. The lowest BCUT2D eigenvalue weighted by Crippen LogP contribution is -3.12. The third-order valence-corrected chi connectivity index (χ3v) is 3.88. The van der Waals surface area contributed by atoms with Crippen LogP contribution in [0.3, 0.4) is 0 Å². The molecule has 4 nitrogen and oxygen atoms in total. The minimum absolute atomic E-state index is 0.0958. The van der Waals surface area contributed by atoms with Gasteiger partial charge < -0.3 is 15.0 Å². The smallest absolute Gasteiger partial charge is 0.387 e. The summed E-state index contributed by atoms with van der Waals surface area (Å²) in [5.41, 5.74) is 1.42. The summed E-state index contributed by atoms with van der Waals surface area (Å²) in [6, 6.07) is 11.5. The van der Waals surface area contributed by atoms with E-state index in [1.54, 1.807) is 19.1 Å². The molecule has 134 valence electrons. The van der Waals surface area contributed by atoms with E-state index in [4.69, 9.17) is 0 Å². The fourth-order valence-electron chi connectivity index (χ4n) is 2.27. The van der Waals surface area contributed by atoms with Crippen molar-refractivity contribution in [2.75, 3.05) is 12.4 Å². The first-order valence-corrected chi connectivity index (χ1v) is 7.77. The van der Waals surface area contributed by atoms with Crippen LogP contribution < -0.4 is 15.0 Å². The van der Waals surface area contributed by atoms with E-state index in [9.17, 15) is 18.0 Å². The SMILES string of the molecule is C[C@@H](C(=O)Nc1ccc(F)cc1)[NH+](C)Cc1ccc(OC(F)F)cc1. The quantitative estimate of drug-likeness (QED) is 0.803. The summed E-state index contributed by atoms with van der Waals surface area (Å²) in [5, 5.41) is 2.74. The van der Waals surface area contributed by atoms with Crippen molar-refractivity contribution in [2.45, 2.75) is 26.1 Å². The van der Waals surface area contributed by atoms with E-state index in [0.29, 0.717) is 12.2 Å². The Kier molecular flexibility index (Phi) is 6.41. The van der Waals surface area contributed by atoms with Gasteiger partial charge in [0.05, 0.1) is 7.05 Å². The van der Waals surface area contributed by atoms with Crippen LogP contribution in [0.15, 0.2) is 48.5 Å². The Morgan fingerprint density at radius 2 is 1.72 bits per heavy atom. The van der Waals surface area contributed by atoms with E-state index in [-0.39, 0.29) is 23.5 Å². The molecule has 0 aromatic heterocycles. The normalized spacial score (nSPS) is 13.4. The lowest BCUT2D eigenvalue weighted by molar-refractivity contribution is -0.907. The molecule has 2 atom stereocenters. The van der Waals surface area contributed by atoms with Crippen LogP contribution in [0.4, 0.5) is 18.9 Å². The molecule has 2 N–H and O–H groups in total. The van der Waals surface area contributed by atoms with Crippen LogP contribution in [0.2, 0.25) is 0 Å². The topological polar surface area (TPSA) is 42.8 Å². The Morgan fingerprint density at radius 1 is 1.12 bits per heavy atom. The van der Waals surface area contributed by atoms with Gasteiger partial charge in [0.1, 0.15) is 18.1 Å². The molecule has 0 spiro atoms. The third-order valence-electron chi connectivity index (χ3n) is 3.88. The number of amides is 1. The van der Waals surface area contributed by atoms with Gasteiger partial charge in [-0.3, -0.25) is 4.79 Å². The Balaban J connectivity index is 1.91. The Morgan fingerprint density at radius 3 is 2.28 bits per heavy atom. The van der Waals surface area contributed by atoms with Crippen molar-refractivity contribution >= 4 is 11.6 Å². The van der Waals surface area contributed by atoms with Crippen LogP contribution in [-0.4, -0.2) is 25.6 Å². The highest BCUT2D eigenvalue weighted by atomic mass is 19.3. The average molecular weight is 353 g/mol. The number of hydrogen-bond donors (Lipinski definition) is 2. The number of nitrogens with one attached hydrogen (secondary N) is 2. The zero-order valence-electron chi connectivity index (χ0n) is 13.9. The first-order valence-electron chi connectivity index (χ1n) is 7.77. The number of carbonyl (C=O) groups excluding carboxylic acids is 1. The van der Waals surface area contributed by atoms with Crippen LogP contribution in [0.5, 0.6) is 5.75 Å². The number of likely N-dealkylation sites (N-methyl/N-ethyl adjacent to an activating group) is 1. The molecular formula is C18H20F3N2O2+. The predicted octanol–water partition coefficient (Wildman–Crippen LogP) is 2.47. The predicted molar refractivity (Wildman–Crippen MR) is 88.2 cm³/mol. The molecule has 0 aliphatic rings. The number of anilines is 1. The van der Waals surface area contributed by atoms with Crippen molar-refractivity contribution in [1.82, 2.24) is 0 Å². The van der Waals surface area contributed by atoms with Gasteiger partial charge in [0.2, 0.25) is 0 Å². The summed E-state index contributed by atoms with van der Waals surface area (Å²) in [4.78, 5) is 13.2. The van der Waals surface area contributed by atoms with Gasteiger partial charge in [0, 0.05) is 11.3 Å². The molecular weight excluding hydrogens is 333 g/mol. The molecule has 1 amide bonds. The summed E-state index contributed by atoms with van der Waals surface area (Å²) >= 11 is 0. The van der Waals surface area contributed by atoms with Gasteiger partial charge in [0.25, 0.3) is 5.91 Å². The summed E-state index contributed by atoms with van der Waals surface area (Å²) in [6.07, 6.45) is 0. The lowest BCUT2D eigenvalue weighted by atomic mass is 10.1. The van der Waals surface area contributed by atoms with Gasteiger partial charge in [-0.25, -0.2) is 4.39 Å². The van der Waals surface area contributed by atoms with E-state index < -0.39 is 6.61 Å². The number of halogens is 3. The number of benzene rings is 2. The van der Waals surface area contributed by atoms with Gasteiger partial charge in [0.15, 0.2) is 6.04 Å². The molecule has 0 heterocycles. The van der Waals surface area contributed by atoms with Crippen molar-refractivity contribution in [3.05, 3.63) is 59.9 Å². The highest BCUT2D eigenvalue weighted by molar-refractivity contribution is 5.93. The van der Waals surface area contributed by atoms with Crippen LogP contribution in [-0.2, 0) is 11.3 Å². The van der Waals surface area contributed by atoms with E-state index in [2.05, 4.69) is 10.1 Å². The number of ether oxygens (including phenoxy) is 1. The second-order valence-corrected chi connectivity index (χ2v) is 5.76. The maximum atomic E-state index is 12.9. The summed E-state index contributed by atoms with van der Waals surface area (Å²) in [7, 11) is 1.86. The van der Waals surface area contributed by atoms with Crippen molar-refractivity contribution in [3.8, 4) is 5.75 Å². The van der Waals surface area contributed by atoms with E-state index in [1.807, 2.05) is 7.05 Å². The molecule has 0 saturated heterocycles. The second kappa shape index (κ2) is 8.53. The summed E-state index contributed by atoms with van der Waals surface area (Å²) < 4.78 is 41.5. The first-order chi connectivity index (χ1) is 11.8. The second-order valence-electron chi connectivity index (χ2n) is 5.76. The number of quaternary nitrogens is 1. The highest BCUT2D eigenvalue weighted by Gasteiger charge is 2.22. The fraction of sp³-hybridized carbons (Fsp3) is 0.278. The Bertz CT molecular complexity index is 690. The summed E-state index contributed by atoms with van der Waals surface area (Å²) in [6.45, 7) is -0.538. The minimum atomic E-state index is -2.85. The zero-order chi connectivity index (χ0) is 18.4. The van der Waals surface area contributed by atoms with Gasteiger partial charge in [-0.05, 0) is 55.5 Å². The molecule has 0 saturated carbocycles. The van der Waals surface area contributed by atoms with Gasteiger partial charge >= 0.3 is 6.61 Å². The molecule has 1 unspecified atom stereocenters. The maximum absolute atomic E-state index is 12.9. The molecule has 2 aromatic carbocycles. The Hall–Kier alpha value is -2.54. The zero-order valence-corrected chi connectivity index (χ0v) is 13.9. The standard InChI is InChI=1S/C18H19F3N2O2/c1-12(17(24)22-15-7-5-14(19)6-8-15)23(2)11-13-3-9-16(10-4-13)25-18(20)21/h3-10,12,18H,11H2,1-2H3,(H,22,24)/p+1/t12-/m0/s1. The largest absolute Gasteiger partial charge is 0.435 e. The van der Waals surface area contributed by atoms with Crippen molar-refractivity contribution in [2.24, 2.45) is 0 Å². The molecule has 0 aliphatic carbocycles. The molecule has 0 aliphatic heterocycles. The number of hydrogen-bond acceptors (Lipinski definition) is 2. The van der Waals surface area contributed by atoms with E-state index >= 15 is 0 Å². The first kappa shape index (κ1) is 18.8. The summed E-state index contributed by atoms with van der Waals surface area (Å²) in [5.74, 6) is -0.465. The molecule has 2 rings (SSSR count). The van der Waals surface area contributed by atoms with Crippen LogP contribution >= 0.6 is 0 Å². The fourth-order valence-corrected chi connectivity index (χ4v) is 2.27. The van der Waals surface area contributed by atoms with Crippen LogP contribution in [0, 0.1) is 5.82 Å². The molecule has 25 heavy (non-hydrogen) atoms. The highest BCUT2D eigenvalue weighted by Crippen LogP contribution is 2.14. The molecule has 0 fully saturated rings. The number of carbonyl (C=O) groups is 1. The van der Waals surface area contributed by atoms with Crippen molar-refractivity contribution in [1.29, 1.82) is 0 Å². The number of rotatable bonds is 7. The molecule has 2 aromatic rings. The monoisotopic (exact) mass is 353 g/mol. The van der Waals surface area contributed by atoms with Crippen LogP contribution in [0.1, 0.15) is 12.5 Å². The van der Waals surface area contributed by atoms with Crippen molar-refractivity contribution in [3.63, 3.8) is 0 Å². The van der Waals surface area contributed by atoms with Crippen molar-refractivity contribution < 1.29 is 27.6 Å². The minimum Gasteiger partial charge on any atom is -0.435 e. The lowest BCUT2D eigenvalue weighted by Gasteiger charge is -2.21. The Labute approximate surface area is 144 Å². The van der Waals surface area contributed by atoms with Crippen LogP contribution in [0.25, 0.3) is 0 Å².